The van der Waals surface area contributed by atoms with E-state index in [4.69, 9.17) is 4.74 Å². The molecular weight excluding hydrogens is 298 g/mol. The maximum Gasteiger partial charge on any atom is 0.272 e. The number of aryl methyl sites for hydroxylation is 1. The van der Waals surface area contributed by atoms with Gasteiger partial charge in [0.05, 0.1) is 6.61 Å². The van der Waals surface area contributed by atoms with Gasteiger partial charge in [-0.1, -0.05) is 6.92 Å². The van der Waals surface area contributed by atoms with Crippen molar-refractivity contribution in [3.8, 4) is 17.1 Å². The van der Waals surface area contributed by atoms with E-state index in [1.165, 1.54) is 0 Å². The van der Waals surface area contributed by atoms with Crippen LogP contribution in [0.5, 0.6) is 5.75 Å². The fourth-order valence-electron chi connectivity index (χ4n) is 2.30. The van der Waals surface area contributed by atoms with Gasteiger partial charge in [-0.3, -0.25) is 9.59 Å². The van der Waals surface area contributed by atoms with Crippen LogP contribution in [0.15, 0.2) is 27.8 Å². The molecule has 0 fully saturated rings. The first kappa shape index (κ1) is 14.9. The van der Waals surface area contributed by atoms with Gasteiger partial charge in [0.1, 0.15) is 5.69 Å². The topological polar surface area (TPSA) is 110 Å². The number of aromatic amines is 1. The Hall–Kier alpha value is -3.03. The minimum Gasteiger partial charge on any atom is -0.488 e. The first-order valence-corrected chi connectivity index (χ1v) is 7.25. The normalized spacial score (nSPS) is 10.9. The number of tetrazole rings is 1. The summed E-state index contributed by atoms with van der Waals surface area (Å²) in [7, 11) is 0. The Labute approximate surface area is 131 Å². The van der Waals surface area contributed by atoms with E-state index in [0.717, 1.165) is 17.5 Å². The van der Waals surface area contributed by atoms with Gasteiger partial charge in [0.15, 0.2) is 11.6 Å². The maximum atomic E-state index is 11.7. The Morgan fingerprint density at radius 1 is 1.17 bits per heavy atom. The number of benzene rings is 1. The van der Waals surface area contributed by atoms with Crippen molar-refractivity contribution in [2.75, 3.05) is 11.9 Å². The van der Waals surface area contributed by atoms with Crippen LogP contribution in [-0.2, 0) is 6.42 Å². The molecule has 23 heavy (non-hydrogen) atoms. The average molecular weight is 313 g/mol. The smallest absolute Gasteiger partial charge is 0.272 e. The fraction of sp³-hybridized carbons (Fsp3) is 0.267. The zero-order valence-electron chi connectivity index (χ0n) is 12.7. The Morgan fingerprint density at radius 2 is 2.00 bits per heavy atom. The molecule has 2 aromatic carbocycles. The minimum atomic E-state index is -0.597. The van der Waals surface area contributed by atoms with E-state index in [0.29, 0.717) is 18.1 Å². The third-order valence-corrected chi connectivity index (χ3v) is 3.44. The van der Waals surface area contributed by atoms with Gasteiger partial charge in [-0.05, 0) is 47.5 Å². The van der Waals surface area contributed by atoms with Crippen LogP contribution in [-0.4, -0.2) is 27.2 Å². The van der Waals surface area contributed by atoms with Crippen molar-refractivity contribution in [1.82, 2.24) is 20.6 Å². The predicted octanol–water partition coefficient (Wildman–Crippen LogP) is 1.17. The Balaban J connectivity index is 1.98. The molecule has 8 heteroatoms. The molecule has 118 valence electrons. The van der Waals surface area contributed by atoms with Crippen LogP contribution >= 0.6 is 0 Å². The molecule has 0 saturated carbocycles. The van der Waals surface area contributed by atoms with Crippen LogP contribution in [0.25, 0.3) is 11.4 Å². The lowest BCUT2D eigenvalue weighted by atomic mass is 10.1. The highest BCUT2D eigenvalue weighted by Crippen LogP contribution is 2.27. The summed E-state index contributed by atoms with van der Waals surface area (Å²) < 4.78 is 5.21. The van der Waals surface area contributed by atoms with E-state index in [9.17, 15) is 9.59 Å². The lowest BCUT2D eigenvalue weighted by Gasteiger charge is -2.14. The minimum absolute atomic E-state index is 0.0854. The zero-order chi connectivity index (χ0) is 16.4. The van der Waals surface area contributed by atoms with Crippen molar-refractivity contribution in [2.45, 2.75) is 20.3 Å². The molecule has 0 unspecified atom stereocenters. The van der Waals surface area contributed by atoms with Gasteiger partial charge in [-0.25, -0.2) is 5.10 Å². The first-order chi connectivity index (χ1) is 11.1. The Bertz CT molecular complexity index is 895. The molecule has 8 nitrogen and oxygen atoms in total. The summed E-state index contributed by atoms with van der Waals surface area (Å²) in [5.74, 6) is 0.612. The van der Waals surface area contributed by atoms with Gasteiger partial charge in [0, 0.05) is 11.3 Å². The molecule has 0 atom stereocenters. The summed E-state index contributed by atoms with van der Waals surface area (Å²) in [4.78, 5) is 23.3. The second-order valence-electron chi connectivity index (χ2n) is 4.94. The Kier molecular flexibility index (Phi) is 3.88. The molecule has 0 radical (unpaired) electrons. The van der Waals surface area contributed by atoms with Crippen molar-refractivity contribution in [1.29, 1.82) is 0 Å². The number of H-pyrrole nitrogens is 1. The van der Waals surface area contributed by atoms with E-state index in [-0.39, 0.29) is 11.4 Å². The molecule has 2 N–H and O–H groups in total. The largest absolute Gasteiger partial charge is 0.488 e. The second kappa shape index (κ2) is 5.99. The summed E-state index contributed by atoms with van der Waals surface area (Å²) in [5, 5.41) is 16.7. The van der Waals surface area contributed by atoms with E-state index in [1.54, 1.807) is 13.0 Å². The number of aromatic nitrogens is 4. The predicted molar refractivity (Wildman–Crippen MR) is 84.8 cm³/mol. The van der Waals surface area contributed by atoms with Crippen molar-refractivity contribution in [3.05, 3.63) is 44.2 Å². The summed E-state index contributed by atoms with van der Waals surface area (Å²) >= 11 is 0. The zero-order valence-corrected chi connectivity index (χ0v) is 12.7. The highest BCUT2D eigenvalue weighted by atomic mass is 16.5. The molecule has 0 amide bonds. The van der Waals surface area contributed by atoms with Crippen molar-refractivity contribution in [3.63, 3.8) is 0 Å². The van der Waals surface area contributed by atoms with E-state index < -0.39 is 10.9 Å². The molecule has 1 aromatic heterocycles. The highest BCUT2D eigenvalue weighted by Gasteiger charge is 2.22. The third-order valence-electron chi connectivity index (χ3n) is 3.44. The molecule has 3 rings (SSSR count). The maximum absolute atomic E-state index is 11.7. The lowest BCUT2D eigenvalue weighted by Crippen LogP contribution is -2.35. The molecular formula is C15H15N5O3. The summed E-state index contributed by atoms with van der Waals surface area (Å²) in [6, 6.07) is 5.66. The Morgan fingerprint density at radius 3 is 2.65 bits per heavy atom. The van der Waals surface area contributed by atoms with Crippen LogP contribution in [0.1, 0.15) is 19.4 Å². The molecule has 0 bridgehead atoms. The van der Waals surface area contributed by atoms with Gasteiger partial charge in [0.2, 0.25) is 0 Å². The number of hydrogen-bond acceptors (Lipinski definition) is 7. The monoisotopic (exact) mass is 313 g/mol. The standard InChI is InChI=1S/C15H15N5O3/c1-3-8-5-9(15-17-19-20-18-15)7-10(6-8)16-11-12(21)13(22)14(11)23-4-2/h5-7,16H,3-4H2,1-2H3,(H,17,18,19,20). The third kappa shape index (κ3) is 2.70. The molecule has 0 aliphatic heterocycles. The van der Waals surface area contributed by atoms with Crippen molar-refractivity contribution >= 4 is 11.4 Å². The molecule has 0 aliphatic rings. The van der Waals surface area contributed by atoms with Crippen LogP contribution in [0.4, 0.5) is 11.4 Å². The quantitative estimate of drug-likeness (QED) is 0.657. The molecule has 1 heterocycles. The molecule has 0 spiro atoms. The summed E-state index contributed by atoms with van der Waals surface area (Å²) in [6.45, 7) is 4.10. The van der Waals surface area contributed by atoms with Crippen molar-refractivity contribution < 1.29 is 4.74 Å². The van der Waals surface area contributed by atoms with Crippen LogP contribution in [0, 0.1) is 0 Å². The summed E-state index contributed by atoms with van der Waals surface area (Å²) in [5.41, 5.74) is 1.51. The van der Waals surface area contributed by atoms with Crippen molar-refractivity contribution in [2.24, 2.45) is 0 Å². The van der Waals surface area contributed by atoms with Crippen LogP contribution < -0.4 is 20.9 Å². The van der Waals surface area contributed by atoms with Crippen LogP contribution in [0.2, 0.25) is 0 Å². The SMILES string of the molecule is CCOc1c(Nc2cc(CC)cc(-c3nnn[nH]3)c2)c(=O)c1=O. The van der Waals surface area contributed by atoms with Gasteiger partial charge in [0.25, 0.3) is 10.9 Å². The first-order valence-electron chi connectivity index (χ1n) is 7.25. The van der Waals surface area contributed by atoms with Crippen LogP contribution in [0.3, 0.4) is 0 Å². The molecule has 0 saturated heterocycles. The van der Waals surface area contributed by atoms with Gasteiger partial charge in [-0.15, -0.1) is 5.10 Å². The number of rotatable bonds is 6. The average Bonchev–Trinajstić information content (AvgIpc) is 3.12. The number of nitrogens with zero attached hydrogens (tertiary/aromatic N) is 3. The second-order valence-corrected chi connectivity index (χ2v) is 4.94. The van der Waals surface area contributed by atoms with E-state index in [2.05, 4.69) is 25.9 Å². The fourth-order valence-corrected chi connectivity index (χ4v) is 2.30. The van der Waals surface area contributed by atoms with E-state index in [1.807, 2.05) is 19.1 Å². The van der Waals surface area contributed by atoms with Gasteiger partial charge < -0.3 is 10.1 Å². The van der Waals surface area contributed by atoms with Gasteiger partial charge in [-0.2, -0.15) is 0 Å². The summed E-state index contributed by atoms with van der Waals surface area (Å²) in [6.07, 6.45) is 0.800. The molecule has 0 aliphatic carbocycles. The van der Waals surface area contributed by atoms with Gasteiger partial charge >= 0.3 is 0 Å². The number of hydrogen-bond donors (Lipinski definition) is 2. The number of anilines is 2. The number of nitrogens with one attached hydrogen (secondary N) is 2. The van der Waals surface area contributed by atoms with E-state index >= 15 is 0 Å². The number of ether oxygens (including phenoxy) is 1. The highest BCUT2D eigenvalue weighted by molar-refractivity contribution is 5.73. The lowest BCUT2D eigenvalue weighted by molar-refractivity contribution is 0.335. The molecule has 3 aromatic rings.